The zero-order chi connectivity index (χ0) is 27.4. The quantitative estimate of drug-likeness (QED) is 0.434. The number of nitrogens with two attached hydrogens (primary N) is 1. The summed E-state index contributed by atoms with van der Waals surface area (Å²) >= 11 is 1.08. The number of carbonyl (C=O) groups excluding carboxylic acids is 2. The van der Waals surface area contributed by atoms with Gasteiger partial charge in [0.05, 0.1) is 43.2 Å². The van der Waals surface area contributed by atoms with Crippen molar-refractivity contribution >= 4 is 34.9 Å². The lowest BCUT2D eigenvalue weighted by molar-refractivity contribution is -0.139. The molecule has 1 aromatic heterocycles. The molecule has 0 bridgehead atoms. The van der Waals surface area contributed by atoms with Crippen molar-refractivity contribution in [2.24, 2.45) is 5.73 Å². The lowest BCUT2D eigenvalue weighted by Gasteiger charge is -2.28. The Hall–Kier alpha value is -4.31. The van der Waals surface area contributed by atoms with E-state index in [-0.39, 0.29) is 34.7 Å². The van der Waals surface area contributed by atoms with Gasteiger partial charge in [0.2, 0.25) is 0 Å². The number of benzene rings is 2. The monoisotopic (exact) mass is 536 g/mol. The van der Waals surface area contributed by atoms with Crippen LogP contribution >= 0.6 is 11.3 Å². The second-order valence-corrected chi connectivity index (χ2v) is 9.15. The Labute approximate surface area is 223 Å². The predicted molar refractivity (Wildman–Crippen MR) is 143 cm³/mol. The van der Waals surface area contributed by atoms with E-state index in [2.05, 4.69) is 0 Å². The second-order valence-electron chi connectivity index (χ2n) is 8.12. The zero-order valence-corrected chi connectivity index (χ0v) is 22.3. The molecule has 0 radical (unpaired) electrons. The van der Waals surface area contributed by atoms with Crippen molar-refractivity contribution in [3.05, 3.63) is 90.5 Å². The topological polar surface area (TPSA) is 119 Å². The molecule has 0 saturated heterocycles. The van der Waals surface area contributed by atoms with E-state index in [1.807, 2.05) is 18.2 Å². The molecule has 0 spiro atoms. The summed E-state index contributed by atoms with van der Waals surface area (Å²) in [7, 11) is 3.03. The van der Waals surface area contributed by atoms with E-state index in [1.165, 1.54) is 11.7 Å². The van der Waals surface area contributed by atoms with Gasteiger partial charge in [-0.05, 0) is 32.1 Å². The highest BCUT2D eigenvalue weighted by Crippen LogP contribution is 2.36. The van der Waals surface area contributed by atoms with Gasteiger partial charge in [-0.1, -0.05) is 36.4 Å². The minimum absolute atomic E-state index is 0.0457. The Kier molecular flexibility index (Phi) is 8.02. The molecular weight excluding hydrogens is 508 g/mol. The van der Waals surface area contributed by atoms with Crippen LogP contribution in [0, 0.1) is 0 Å². The van der Waals surface area contributed by atoms with Gasteiger partial charge in [0.25, 0.3) is 5.56 Å². The highest BCUT2D eigenvalue weighted by atomic mass is 32.1. The van der Waals surface area contributed by atoms with E-state index >= 15 is 0 Å². The van der Waals surface area contributed by atoms with Gasteiger partial charge in [-0.25, -0.2) is 9.59 Å². The Morgan fingerprint density at radius 1 is 0.947 bits per heavy atom. The largest absolute Gasteiger partial charge is 0.496 e. The van der Waals surface area contributed by atoms with Crippen molar-refractivity contribution in [2.45, 2.75) is 19.9 Å². The molecule has 0 amide bonds. The molecule has 1 aliphatic heterocycles. The van der Waals surface area contributed by atoms with Gasteiger partial charge in [0.1, 0.15) is 27.8 Å². The molecule has 1 aliphatic rings. The maximum Gasteiger partial charge on any atom is 0.343 e. The van der Waals surface area contributed by atoms with Crippen molar-refractivity contribution < 1.29 is 28.5 Å². The molecule has 4 rings (SSSR count). The van der Waals surface area contributed by atoms with Gasteiger partial charge in [-0.15, -0.1) is 11.3 Å². The lowest BCUT2D eigenvalue weighted by Crippen LogP contribution is -2.43. The fraction of sp³-hybridized carbons (Fsp3) is 0.250. The molecule has 0 aliphatic carbocycles. The van der Waals surface area contributed by atoms with Crippen molar-refractivity contribution in [1.29, 1.82) is 0 Å². The number of thiazole rings is 1. The Bertz CT molecular complexity index is 1600. The van der Waals surface area contributed by atoms with Crippen molar-refractivity contribution in [2.75, 3.05) is 27.4 Å². The van der Waals surface area contributed by atoms with E-state index in [9.17, 15) is 14.4 Å². The number of para-hydroxylation sites is 2. The summed E-state index contributed by atoms with van der Waals surface area (Å²) in [5, 5.41) is 0. The summed E-state index contributed by atoms with van der Waals surface area (Å²) in [5.74, 6) is -0.485. The normalized spacial score (nSPS) is 15.2. The molecule has 2 N–H and O–H groups in total. The zero-order valence-electron chi connectivity index (χ0n) is 21.5. The predicted octanol–water partition coefficient (Wildman–Crippen LogP) is 1.85. The summed E-state index contributed by atoms with van der Waals surface area (Å²) in [5.41, 5.74) is 7.07. The molecule has 198 valence electrons. The van der Waals surface area contributed by atoms with Crippen LogP contribution in [0.2, 0.25) is 0 Å². The van der Waals surface area contributed by atoms with Gasteiger partial charge in [0.15, 0.2) is 0 Å². The number of carbonyl (C=O) groups is 2. The number of rotatable bonds is 8. The number of nitrogens with zero attached hydrogens (tertiary/aromatic N) is 1. The standard InChI is InChI=1S/C28H28N2O7S/c1-5-36-27(32)21-23(29)22(28(33)37-6-2)26-30(24(21)17-12-8-10-14-19(17)35-4)25(31)20(38-26)15-16-11-7-9-13-18(16)34-3/h7-15,24H,5-6,29H2,1-4H3/b20-15+/t24-/m0/s1. The number of ether oxygens (including phenoxy) is 4. The van der Waals surface area contributed by atoms with E-state index < -0.39 is 23.5 Å². The minimum Gasteiger partial charge on any atom is -0.496 e. The summed E-state index contributed by atoms with van der Waals surface area (Å²) in [6.07, 6.45) is 1.68. The molecule has 10 heteroatoms. The molecule has 1 atom stereocenters. The number of esters is 2. The molecular formula is C28H28N2O7S. The smallest absolute Gasteiger partial charge is 0.343 e. The summed E-state index contributed by atoms with van der Waals surface area (Å²) in [6.45, 7) is 3.47. The molecule has 9 nitrogen and oxygen atoms in total. The van der Waals surface area contributed by atoms with E-state index in [1.54, 1.807) is 57.4 Å². The Balaban J connectivity index is 2.15. The Morgan fingerprint density at radius 3 is 2.21 bits per heavy atom. The van der Waals surface area contributed by atoms with Crippen LogP contribution in [-0.4, -0.2) is 43.9 Å². The first kappa shape index (κ1) is 26.7. The summed E-state index contributed by atoms with van der Waals surface area (Å²) < 4.78 is 23.6. The van der Waals surface area contributed by atoms with Crippen LogP contribution in [0.4, 0.5) is 0 Å². The first-order valence-corrected chi connectivity index (χ1v) is 12.8. The molecule has 3 aromatic rings. The summed E-state index contributed by atoms with van der Waals surface area (Å²) in [4.78, 5) is 40.5. The maximum absolute atomic E-state index is 14.0. The lowest BCUT2D eigenvalue weighted by atomic mass is 9.91. The summed E-state index contributed by atoms with van der Waals surface area (Å²) in [6, 6.07) is 13.2. The van der Waals surface area contributed by atoms with Crippen LogP contribution in [0.3, 0.4) is 0 Å². The molecule has 0 unspecified atom stereocenters. The maximum atomic E-state index is 14.0. The van der Waals surface area contributed by atoms with Crippen LogP contribution in [0.25, 0.3) is 11.6 Å². The molecule has 0 fully saturated rings. The van der Waals surface area contributed by atoms with Crippen molar-refractivity contribution in [1.82, 2.24) is 4.57 Å². The third kappa shape index (κ3) is 4.70. The SMILES string of the molecule is CCOC(=O)C1=C(N)C(C(=O)OCC)=c2s/c(=C/c3ccccc3OC)c(=O)n2[C@H]1c1ccccc1OC. The third-order valence-corrected chi connectivity index (χ3v) is 7.10. The van der Waals surface area contributed by atoms with E-state index in [0.717, 1.165) is 11.3 Å². The number of hydrogen-bond acceptors (Lipinski definition) is 9. The number of fused-ring (bicyclic) bond motifs is 1. The van der Waals surface area contributed by atoms with Crippen LogP contribution in [0.15, 0.2) is 64.6 Å². The van der Waals surface area contributed by atoms with Gasteiger partial charge >= 0.3 is 11.9 Å². The number of methoxy groups -OCH3 is 2. The molecule has 38 heavy (non-hydrogen) atoms. The van der Waals surface area contributed by atoms with Crippen molar-refractivity contribution in [3.63, 3.8) is 0 Å². The van der Waals surface area contributed by atoms with Gasteiger partial charge in [-0.3, -0.25) is 9.36 Å². The third-order valence-electron chi connectivity index (χ3n) is 5.99. The highest BCUT2D eigenvalue weighted by molar-refractivity contribution is 7.07. The fourth-order valence-corrected chi connectivity index (χ4v) is 5.54. The van der Waals surface area contributed by atoms with Crippen molar-refractivity contribution in [3.8, 4) is 11.5 Å². The average Bonchev–Trinajstić information content (AvgIpc) is 3.23. The van der Waals surface area contributed by atoms with Gasteiger partial charge < -0.3 is 24.7 Å². The van der Waals surface area contributed by atoms with Gasteiger partial charge in [0, 0.05) is 11.1 Å². The fourth-order valence-electron chi connectivity index (χ4n) is 4.38. The van der Waals surface area contributed by atoms with E-state index in [4.69, 9.17) is 24.7 Å². The second kappa shape index (κ2) is 11.4. The minimum atomic E-state index is -1.01. The molecule has 2 heterocycles. The van der Waals surface area contributed by atoms with Crippen LogP contribution in [0.1, 0.15) is 31.0 Å². The first-order valence-electron chi connectivity index (χ1n) is 11.9. The van der Waals surface area contributed by atoms with Crippen LogP contribution < -0.4 is 30.0 Å². The molecule has 2 aromatic carbocycles. The van der Waals surface area contributed by atoms with E-state index in [0.29, 0.717) is 27.2 Å². The van der Waals surface area contributed by atoms with Gasteiger partial charge in [-0.2, -0.15) is 0 Å². The number of aromatic nitrogens is 1. The Morgan fingerprint density at radius 2 is 1.55 bits per heavy atom. The first-order chi connectivity index (χ1) is 18.4. The van der Waals surface area contributed by atoms with Crippen LogP contribution in [-0.2, 0) is 19.1 Å². The molecule has 0 saturated carbocycles. The van der Waals surface area contributed by atoms with Crippen LogP contribution in [0.5, 0.6) is 11.5 Å². The number of hydrogen-bond donors (Lipinski definition) is 1. The highest BCUT2D eigenvalue weighted by Gasteiger charge is 2.39. The average molecular weight is 537 g/mol.